The molecule has 6 heteroatoms. The standard InChI is InChI=1S/C20H22N2O4/c1-25-16-7-3-14(4-8-16)11-12-21-18-13-19(23)22(20(18)24)15-5-9-17(26-2)10-6-15/h3-10,18,21H,11-13H2,1-2H3/t18-/m0/s1. The molecule has 2 aromatic rings. The van der Waals surface area contributed by atoms with Crippen molar-refractivity contribution in [2.45, 2.75) is 18.9 Å². The SMILES string of the molecule is COc1ccc(CCN[C@H]2CC(=O)N(c3ccc(OC)cc3)C2=O)cc1. The number of anilines is 1. The fourth-order valence-corrected chi connectivity index (χ4v) is 2.98. The van der Waals surface area contributed by atoms with Gasteiger partial charge < -0.3 is 14.8 Å². The fraction of sp³-hybridized carbons (Fsp3) is 0.300. The molecule has 1 atom stereocenters. The summed E-state index contributed by atoms with van der Waals surface area (Å²) >= 11 is 0. The number of imide groups is 1. The Bertz CT molecular complexity index is 771. The maximum atomic E-state index is 12.6. The van der Waals surface area contributed by atoms with Crippen molar-refractivity contribution in [1.82, 2.24) is 5.32 Å². The van der Waals surface area contributed by atoms with Crippen LogP contribution in [-0.4, -0.2) is 38.6 Å². The molecule has 26 heavy (non-hydrogen) atoms. The topological polar surface area (TPSA) is 67.9 Å². The molecule has 0 saturated carbocycles. The third-order valence-electron chi connectivity index (χ3n) is 4.44. The third-order valence-corrected chi connectivity index (χ3v) is 4.44. The molecule has 0 unspecified atom stereocenters. The molecule has 0 spiro atoms. The Kier molecular flexibility index (Phi) is 5.53. The van der Waals surface area contributed by atoms with Crippen LogP contribution in [0.15, 0.2) is 48.5 Å². The van der Waals surface area contributed by atoms with E-state index in [4.69, 9.17) is 9.47 Å². The van der Waals surface area contributed by atoms with E-state index in [9.17, 15) is 9.59 Å². The molecule has 0 bridgehead atoms. The molecule has 1 heterocycles. The van der Waals surface area contributed by atoms with Gasteiger partial charge in [0, 0.05) is 0 Å². The number of hydrogen-bond donors (Lipinski definition) is 1. The quantitative estimate of drug-likeness (QED) is 0.772. The molecule has 1 aliphatic rings. The monoisotopic (exact) mass is 354 g/mol. The highest BCUT2D eigenvalue weighted by Gasteiger charge is 2.39. The highest BCUT2D eigenvalue weighted by molar-refractivity contribution is 6.22. The summed E-state index contributed by atoms with van der Waals surface area (Å²) in [4.78, 5) is 26.1. The van der Waals surface area contributed by atoms with E-state index in [1.54, 1.807) is 38.5 Å². The number of methoxy groups -OCH3 is 2. The van der Waals surface area contributed by atoms with Gasteiger partial charge in [0.15, 0.2) is 0 Å². The lowest BCUT2D eigenvalue weighted by atomic mass is 10.1. The molecule has 1 saturated heterocycles. The summed E-state index contributed by atoms with van der Waals surface area (Å²) in [7, 11) is 3.21. The Labute approximate surface area is 152 Å². The summed E-state index contributed by atoms with van der Waals surface area (Å²) in [6.07, 6.45) is 0.942. The second kappa shape index (κ2) is 8.01. The largest absolute Gasteiger partial charge is 0.497 e. The van der Waals surface area contributed by atoms with Crippen molar-refractivity contribution in [2.75, 3.05) is 25.7 Å². The van der Waals surface area contributed by atoms with Crippen LogP contribution >= 0.6 is 0 Å². The van der Waals surface area contributed by atoms with Gasteiger partial charge in [0.2, 0.25) is 5.91 Å². The fourth-order valence-electron chi connectivity index (χ4n) is 2.98. The second-order valence-electron chi connectivity index (χ2n) is 6.07. The molecule has 6 nitrogen and oxygen atoms in total. The van der Waals surface area contributed by atoms with Crippen molar-refractivity contribution in [2.24, 2.45) is 0 Å². The molecule has 1 aliphatic heterocycles. The Hall–Kier alpha value is -2.86. The molecule has 136 valence electrons. The average molecular weight is 354 g/mol. The summed E-state index contributed by atoms with van der Waals surface area (Å²) in [6.45, 7) is 0.618. The number of carbonyl (C=O) groups is 2. The van der Waals surface area contributed by atoms with E-state index in [1.807, 2.05) is 24.3 Å². The predicted octanol–water partition coefficient (Wildman–Crippen LogP) is 2.17. The maximum absolute atomic E-state index is 12.6. The normalized spacial score (nSPS) is 16.8. The number of nitrogens with zero attached hydrogens (tertiary/aromatic N) is 1. The van der Waals surface area contributed by atoms with Crippen molar-refractivity contribution in [3.8, 4) is 11.5 Å². The molecule has 2 aromatic carbocycles. The van der Waals surface area contributed by atoms with Crippen molar-refractivity contribution >= 4 is 17.5 Å². The number of amides is 2. The van der Waals surface area contributed by atoms with E-state index < -0.39 is 6.04 Å². The zero-order chi connectivity index (χ0) is 18.5. The smallest absolute Gasteiger partial charge is 0.251 e. The number of benzene rings is 2. The Morgan fingerprint density at radius 1 is 0.962 bits per heavy atom. The minimum Gasteiger partial charge on any atom is -0.497 e. The van der Waals surface area contributed by atoms with Crippen molar-refractivity contribution in [1.29, 1.82) is 0 Å². The molecule has 0 aromatic heterocycles. The first-order valence-corrected chi connectivity index (χ1v) is 8.49. The average Bonchev–Trinajstić information content (AvgIpc) is 2.96. The number of nitrogens with one attached hydrogen (secondary N) is 1. The van der Waals surface area contributed by atoms with Crippen LogP contribution in [0.5, 0.6) is 11.5 Å². The lowest BCUT2D eigenvalue weighted by Gasteiger charge is -2.16. The summed E-state index contributed by atoms with van der Waals surface area (Å²) in [5, 5.41) is 3.19. The van der Waals surface area contributed by atoms with Crippen LogP contribution in [0.4, 0.5) is 5.69 Å². The lowest BCUT2D eigenvalue weighted by molar-refractivity contribution is -0.121. The summed E-state index contributed by atoms with van der Waals surface area (Å²) in [5.74, 6) is 1.09. The van der Waals surface area contributed by atoms with Crippen LogP contribution in [0.3, 0.4) is 0 Å². The van der Waals surface area contributed by atoms with Gasteiger partial charge in [-0.2, -0.15) is 0 Å². The van der Waals surface area contributed by atoms with E-state index in [0.717, 1.165) is 17.7 Å². The first-order valence-electron chi connectivity index (χ1n) is 8.49. The highest BCUT2D eigenvalue weighted by atomic mass is 16.5. The third kappa shape index (κ3) is 3.86. The Morgan fingerprint density at radius 3 is 2.12 bits per heavy atom. The van der Waals surface area contributed by atoms with E-state index in [0.29, 0.717) is 18.0 Å². The van der Waals surface area contributed by atoms with Gasteiger partial charge >= 0.3 is 0 Å². The van der Waals surface area contributed by atoms with Crippen LogP contribution in [-0.2, 0) is 16.0 Å². The van der Waals surface area contributed by atoms with E-state index in [2.05, 4.69) is 5.32 Å². The molecule has 2 amide bonds. The van der Waals surface area contributed by atoms with Gasteiger partial charge in [0.1, 0.15) is 11.5 Å². The number of carbonyl (C=O) groups excluding carboxylic acids is 2. The van der Waals surface area contributed by atoms with E-state index in [-0.39, 0.29) is 18.2 Å². The molecular weight excluding hydrogens is 332 g/mol. The zero-order valence-electron chi connectivity index (χ0n) is 14.9. The number of ether oxygens (including phenoxy) is 2. The van der Waals surface area contributed by atoms with Gasteiger partial charge in [0.05, 0.1) is 32.4 Å². The minimum atomic E-state index is -0.483. The first kappa shape index (κ1) is 17.9. The first-order chi connectivity index (χ1) is 12.6. The molecule has 1 N–H and O–H groups in total. The molecular formula is C20H22N2O4. The van der Waals surface area contributed by atoms with Crippen LogP contribution in [0.25, 0.3) is 0 Å². The van der Waals surface area contributed by atoms with Crippen LogP contribution in [0.2, 0.25) is 0 Å². The predicted molar refractivity (Wildman–Crippen MR) is 98.6 cm³/mol. The van der Waals surface area contributed by atoms with E-state index in [1.165, 1.54) is 4.90 Å². The van der Waals surface area contributed by atoms with Gasteiger partial charge in [-0.05, 0) is 54.9 Å². The number of rotatable bonds is 7. The van der Waals surface area contributed by atoms with Gasteiger partial charge in [-0.3, -0.25) is 9.59 Å². The number of hydrogen-bond acceptors (Lipinski definition) is 5. The lowest BCUT2D eigenvalue weighted by Crippen LogP contribution is -2.39. The summed E-state index contributed by atoms with van der Waals surface area (Å²) in [5.41, 5.74) is 1.71. The maximum Gasteiger partial charge on any atom is 0.251 e. The minimum absolute atomic E-state index is 0.174. The van der Waals surface area contributed by atoms with Crippen LogP contribution < -0.4 is 19.7 Å². The van der Waals surface area contributed by atoms with Gasteiger partial charge in [-0.1, -0.05) is 12.1 Å². The zero-order valence-corrected chi connectivity index (χ0v) is 14.9. The van der Waals surface area contributed by atoms with Gasteiger partial charge in [-0.25, -0.2) is 4.90 Å². The Balaban J connectivity index is 1.57. The van der Waals surface area contributed by atoms with Gasteiger partial charge in [-0.15, -0.1) is 0 Å². The van der Waals surface area contributed by atoms with Gasteiger partial charge in [0.25, 0.3) is 5.91 Å². The summed E-state index contributed by atoms with van der Waals surface area (Å²) < 4.78 is 10.2. The van der Waals surface area contributed by atoms with Crippen molar-refractivity contribution in [3.63, 3.8) is 0 Å². The summed E-state index contributed by atoms with van der Waals surface area (Å²) in [6, 6.07) is 14.2. The van der Waals surface area contributed by atoms with Crippen LogP contribution in [0.1, 0.15) is 12.0 Å². The van der Waals surface area contributed by atoms with Crippen molar-refractivity contribution in [3.05, 3.63) is 54.1 Å². The second-order valence-corrected chi connectivity index (χ2v) is 6.07. The van der Waals surface area contributed by atoms with Crippen LogP contribution in [0, 0.1) is 0 Å². The Morgan fingerprint density at radius 2 is 1.54 bits per heavy atom. The highest BCUT2D eigenvalue weighted by Crippen LogP contribution is 2.25. The molecule has 0 radical (unpaired) electrons. The molecule has 0 aliphatic carbocycles. The molecule has 1 fully saturated rings. The van der Waals surface area contributed by atoms with E-state index >= 15 is 0 Å². The van der Waals surface area contributed by atoms with Crippen molar-refractivity contribution < 1.29 is 19.1 Å². The molecule has 3 rings (SSSR count).